The lowest BCUT2D eigenvalue weighted by Crippen LogP contribution is -2.31. The Kier molecular flexibility index (Phi) is 7.33. The highest BCUT2D eigenvalue weighted by Crippen LogP contribution is 2.21. The Morgan fingerprint density at radius 1 is 0.886 bits per heavy atom. The predicted molar refractivity (Wildman–Crippen MR) is 128 cm³/mol. The Bertz CT molecular complexity index is 1390. The molecular weight excluding hydrogens is 492 g/mol. The second kappa shape index (κ2) is 10.3. The molecule has 0 radical (unpaired) electrons. The van der Waals surface area contributed by atoms with E-state index in [0.717, 1.165) is 37.5 Å². The Labute approximate surface area is 204 Å². The van der Waals surface area contributed by atoms with E-state index in [1.165, 1.54) is 40.7 Å². The third kappa shape index (κ3) is 6.13. The van der Waals surface area contributed by atoms with Crippen molar-refractivity contribution >= 4 is 31.8 Å². The Hall–Kier alpha value is -3.09. The number of amides is 1. The van der Waals surface area contributed by atoms with Gasteiger partial charge in [0.25, 0.3) is 5.91 Å². The van der Waals surface area contributed by atoms with Crippen molar-refractivity contribution in [3.05, 3.63) is 65.5 Å². The van der Waals surface area contributed by atoms with Gasteiger partial charge in [0.05, 0.1) is 16.2 Å². The first-order valence-electron chi connectivity index (χ1n) is 11.2. The van der Waals surface area contributed by atoms with Crippen molar-refractivity contribution in [1.82, 2.24) is 14.5 Å². The number of benzene rings is 2. The lowest BCUT2D eigenvalue weighted by molar-refractivity contribution is 0.102. The number of carbonyl (C=O) groups excluding carboxylic acids is 1. The van der Waals surface area contributed by atoms with Gasteiger partial charge in [-0.25, -0.2) is 16.8 Å². The van der Waals surface area contributed by atoms with E-state index in [-0.39, 0.29) is 33.7 Å². The van der Waals surface area contributed by atoms with Gasteiger partial charge in [-0.1, -0.05) is 30.1 Å². The topological polar surface area (TPSA) is 140 Å². The summed E-state index contributed by atoms with van der Waals surface area (Å²) in [5.74, 6) is -0.275. The van der Waals surface area contributed by atoms with Gasteiger partial charge in [-0.2, -0.15) is 4.31 Å². The van der Waals surface area contributed by atoms with Gasteiger partial charge in [0.2, 0.25) is 15.9 Å². The minimum Gasteiger partial charge on any atom is -0.407 e. The zero-order chi connectivity index (χ0) is 25.1. The van der Waals surface area contributed by atoms with Crippen LogP contribution >= 0.6 is 0 Å². The molecule has 1 aliphatic heterocycles. The number of carbonyl (C=O) groups is 1. The summed E-state index contributed by atoms with van der Waals surface area (Å²) < 4.78 is 55.9. The van der Waals surface area contributed by atoms with Crippen molar-refractivity contribution in [1.29, 1.82) is 0 Å². The average molecular weight is 519 g/mol. The van der Waals surface area contributed by atoms with Crippen molar-refractivity contribution in [2.24, 2.45) is 0 Å². The minimum absolute atomic E-state index is 0.0981. The highest BCUT2D eigenvalue weighted by atomic mass is 32.2. The molecule has 3 aromatic rings. The smallest absolute Gasteiger partial charge is 0.322 e. The van der Waals surface area contributed by atoms with E-state index >= 15 is 0 Å². The Balaban J connectivity index is 1.39. The van der Waals surface area contributed by atoms with Crippen molar-refractivity contribution in [2.45, 2.75) is 41.9 Å². The molecule has 1 saturated heterocycles. The fourth-order valence-corrected chi connectivity index (χ4v) is 5.93. The number of hydrogen-bond donors (Lipinski definition) is 1. The third-order valence-corrected chi connectivity index (χ3v) is 8.75. The monoisotopic (exact) mass is 518 g/mol. The van der Waals surface area contributed by atoms with Gasteiger partial charge in [0.1, 0.15) is 0 Å². The molecule has 1 N–H and O–H groups in total. The number of rotatable bonds is 7. The summed E-state index contributed by atoms with van der Waals surface area (Å²) in [7, 11) is -6.88. The molecule has 12 heteroatoms. The molecule has 0 bridgehead atoms. The van der Waals surface area contributed by atoms with Gasteiger partial charge in [-0.3, -0.25) is 10.1 Å². The quantitative estimate of drug-likeness (QED) is 0.504. The normalized spacial score (nSPS) is 15.5. The van der Waals surface area contributed by atoms with E-state index in [2.05, 4.69) is 15.5 Å². The van der Waals surface area contributed by atoms with Crippen molar-refractivity contribution in [3.63, 3.8) is 0 Å². The van der Waals surface area contributed by atoms with Crippen LogP contribution in [-0.2, 0) is 26.3 Å². The fraction of sp³-hybridized carbons (Fsp3) is 0.348. The van der Waals surface area contributed by atoms with E-state index in [4.69, 9.17) is 4.42 Å². The van der Waals surface area contributed by atoms with E-state index < -0.39 is 25.8 Å². The third-order valence-electron chi connectivity index (χ3n) is 5.71. The Morgan fingerprint density at radius 3 is 2.09 bits per heavy atom. The molecule has 0 atom stereocenters. The first-order chi connectivity index (χ1) is 16.6. The second-order valence-corrected chi connectivity index (χ2v) is 12.3. The molecule has 0 aliphatic carbocycles. The molecule has 1 aliphatic rings. The molecule has 1 fully saturated rings. The minimum atomic E-state index is -3.60. The van der Waals surface area contributed by atoms with Crippen LogP contribution in [0.3, 0.4) is 0 Å². The maximum absolute atomic E-state index is 12.9. The SMILES string of the molecule is CS(=O)(=O)c1ccc(Cc2nnc(NC(=O)c3ccc(S(=O)(=O)N4CCCCCC4)cc3)o2)cc1. The van der Waals surface area contributed by atoms with Crippen LogP contribution in [0.4, 0.5) is 6.01 Å². The van der Waals surface area contributed by atoms with E-state index in [1.807, 2.05) is 0 Å². The molecule has 1 amide bonds. The van der Waals surface area contributed by atoms with Crippen LogP contribution in [0, 0.1) is 0 Å². The summed E-state index contributed by atoms with van der Waals surface area (Å²) in [5.41, 5.74) is 1.01. The van der Waals surface area contributed by atoms with E-state index in [1.54, 1.807) is 12.1 Å². The first-order valence-corrected chi connectivity index (χ1v) is 14.5. The van der Waals surface area contributed by atoms with Crippen molar-refractivity contribution in [2.75, 3.05) is 24.7 Å². The molecule has 1 aromatic heterocycles. The fourth-order valence-electron chi connectivity index (χ4n) is 3.78. The van der Waals surface area contributed by atoms with Gasteiger partial charge < -0.3 is 4.42 Å². The predicted octanol–water partition coefficient (Wildman–Crippen LogP) is 2.88. The number of hydrogen-bond acceptors (Lipinski definition) is 8. The zero-order valence-corrected chi connectivity index (χ0v) is 20.8. The molecule has 2 heterocycles. The molecule has 0 unspecified atom stereocenters. The van der Waals surface area contributed by atoms with E-state index in [9.17, 15) is 21.6 Å². The number of sulfone groups is 1. The number of anilines is 1. The summed E-state index contributed by atoms with van der Waals surface area (Å²) in [6, 6.07) is 11.9. The molecule has 0 saturated carbocycles. The summed E-state index contributed by atoms with van der Waals surface area (Å²) in [6.07, 6.45) is 5.14. The lowest BCUT2D eigenvalue weighted by Gasteiger charge is -2.19. The van der Waals surface area contributed by atoms with Crippen LogP contribution in [-0.4, -0.2) is 56.6 Å². The lowest BCUT2D eigenvalue weighted by atomic mass is 10.1. The van der Waals surface area contributed by atoms with Crippen LogP contribution in [0.1, 0.15) is 47.5 Å². The average Bonchev–Trinajstić information content (AvgIpc) is 3.07. The van der Waals surface area contributed by atoms with Gasteiger partial charge in [0.15, 0.2) is 9.84 Å². The number of nitrogens with one attached hydrogen (secondary N) is 1. The maximum Gasteiger partial charge on any atom is 0.322 e. The molecule has 10 nitrogen and oxygen atoms in total. The first kappa shape index (κ1) is 25.0. The molecule has 0 spiro atoms. The summed E-state index contributed by atoms with van der Waals surface area (Å²) in [4.78, 5) is 12.9. The summed E-state index contributed by atoms with van der Waals surface area (Å²) in [6.45, 7) is 1.01. The molecular formula is C23H26N4O6S2. The highest BCUT2D eigenvalue weighted by Gasteiger charge is 2.25. The number of aromatic nitrogens is 2. The molecule has 186 valence electrons. The van der Waals surface area contributed by atoms with Gasteiger partial charge in [-0.05, 0) is 54.8 Å². The van der Waals surface area contributed by atoms with Crippen LogP contribution in [0.5, 0.6) is 0 Å². The maximum atomic E-state index is 12.9. The zero-order valence-electron chi connectivity index (χ0n) is 19.2. The molecule has 35 heavy (non-hydrogen) atoms. The van der Waals surface area contributed by atoms with Crippen molar-refractivity contribution in [3.8, 4) is 0 Å². The van der Waals surface area contributed by atoms with Crippen LogP contribution < -0.4 is 5.32 Å². The summed E-state index contributed by atoms with van der Waals surface area (Å²) >= 11 is 0. The summed E-state index contributed by atoms with van der Waals surface area (Å²) in [5, 5.41) is 10.2. The van der Waals surface area contributed by atoms with Gasteiger partial charge >= 0.3 is 6.01 Å². The van der Waals surface area contributed by atoms with E-state index in [0.29, 0.717) is 13.1 Å². The highest BCUT2D eigenvalue weighted by molar-refractivity contribution is 7.90. The van der Waals surface area contributed by atoms with Crippen LogP contribution in [0.2, 0.25) is 0 Å². The standard InChI is InChI=1S/C23H26N4O6S2/c1-34(29,30)19-10-6-17(7-11-19)16-21-25-26-23(33-21)24-22(28)18-8-12-20(13-9-18)35(31,32)27-14-4-2-3-5-15-27/h6-13H,2-5,14-16H2,1H3,(H,24,26,28). The van der Waals surface area contributed by atoms with Crippen LogP contribution in [0.15, 0.2) is 62.7 Å². The van der Waals surface area contributed by atoms with Crippen molar-refractivity contribution < 1.29 is 26.0 Å². The largest absolute Gasteiger partial charge is 0.407 e. The van der Waals surface area contributed by atoms with Gasteiger partial charge in [0, 0.05) is 24.9 Å². The Morgan fingerprint density at radius 2 is 1.49 bits per heavy atom. The second-order valence-electron chi connectivity index (χ2n) is 8.39. The van der Waals surface area contributed by atoms with Crippen LogP contribution in [0.25, 0.3) is 0 Å². The number of nitrogens with zero attached hydrogens (tertiary/aromatic N) is 3. The molecule has 4 rings (SSSR count). The number of sulfonamides is 1. The molecule has 2 aromatic carbocycles. The van der Waals surface area contributed by atoms with Gasteiger partial charge in [-0.15, -0.1) is 5.10 Å².